The number of nitrogens with one attached hydrogen (secondary N) is 1. The lowest BCUT2D eigenvalue weighted by Gasteiger charge is -2.28. The van der Waals surface area contributed by atoms with E-state index in [1.165, 1.54) is 28.4 Å². The van der Waals surface area contributed by atoms with Gasteiger partial charge in [-0.3, -0.25) is 14.2 Å². The molecule has 2 N–H and O–H groups in total. The maximum atomic E-state index is 12.8. The van der Waals surface area contributed by atoms with Crippen molar-refractivity contribution in [2.24, 2.45) is 7.05 Å². The fourth-order valence-electron chi connectivity index (χ4n) is 3.48. The van der Waals surface area contributed by atoms with E-state index in [4.69, 9.17) is 14.2 Å². The van der Waals surface area contributed by atoms with Crippen LogP contribution in [0.4, 0.5) is 5.95 Å². The summed E-state index contributed by atoms with van der Waals surface area (Å²) < 4.78 is 42.7. The first kappa shape index (κ1) is 24.2. The number of hydrogen-bond donors (Lipinski definition) is 2. The molecule has 0 atom stereocenters. The number of benzene rings is 1. The third-order valence-electron chi connectivity index (χ3n) is 5.21. The standard InChI is InChI=1S/C20H26N4O8S/c1-23-19(27)16(25)15(22-20(23)24-7-5-6-8-33(24,28)29)18(26)21-11-12-9-13(30-2)17(32-4)14(10-12)31-3/h9-10,25H,5-8,11H2,1-4H3,(H,21,26). The molecule has 180 valence electrons. The fourth-order valence-corrected chi connectivity index (χ4v) is 5.09. The first-order chi connectivity index (χ1) is 15.6. The van der Waals surface area contributed by atoms with E-state index in [0.717, 1.165) is 8.87 Å². The van der Waals surface area contributed by atoms with Gasteiger partial charge in [0, 0.05) is 20.1 Å². The van der Waals surface area contributed by atoms with Gasteiger partial charge in [0.15, 0.2) is 17.2 Å². The Morgan fingerprint density at radius 2 is 1.79 bits per heavy atom. The second kappa shape index (κ2) is 9.57. The molecule has 0 bridgehead atoms. The van der Waals surface area contributed by atoms with Gasteiger partial charge in [-0.25, -0.2) is 17.7 Å². The molecule has 1 aromatic carbocycles. The molecule has 13 heteroatoms. The Morgan fingerprint density at radius 3 is 2.33 bits per heavy atom. The van der Waals surface area contributed by atoms with Crippen LogP contribution in [-0.4, -0.2) is 62.6 Å². The van der Waals surface area contributed by atoms with Gasteiger partial charge in [0.25, 0.3) is 11.5 Å². The fraction of sp³-hybridized carbons (Fsp3) is 0.450. The highest BCUT2D eigenvalue weighted by atomic mass is 32.2. The number of hydrogen-bond acceptors (Lipinski definition) is 9. The zero-order chi connectivity index (χ0) is 24.3. The van der Waals surface area contributed by atoms with Gasteiger partial charge in [-0.05, 0) is 30.5 Å². The summed E-state index contributed by atoms with van der Waals surface area (Å²) in [5, 5.41) is 12.8. The molecule has 1 aliphatic rings. The number of aromatic hydroxyl groups is 1. The number of aromatic nitrogens is 2. The average molecular weight is 483 g/mol. The van der Waals surface area contributed by atoms with E-state index >= 15 is 0 Å². The van der Waals surface area contributed by atoms with Gasteiger partial charge >= 0.3 is 0 Å². The highest BCUT2D eigenvalue weighted by molar-refractivity contribution is 7.92. The molecule has 1 amide bonds. The Kier molecular flexibility index (Phi) is 7.01. The highest BCUT2D eigenvalue weighted by Crippen LogP contribution is 2.38. The largest absolute Gasteiger partial charge is 0.501 e. The van der Waals surface area contributed by atoms with E-state index in [1.807, 2.05) is 0 Å². The number of methoxy groups -OCH3 is 3. The van der Waals surface area contributed by atoms with Crippen molar-refractivity contribution in [2.45, 2.75) is 19.4 Å². The van der Waals surface area contributed by atoms with Gasteiger partial charge in [0.05, 0.1) is 27.1 Å². The molecule has 0 saturated carbocycles. The molecule has 2 aromatic rings. The van der Waals surface area contributed by atoms with Crippen LogP contribution in [0.25, 0.3) is 0 Å². The van der Waals surface area contributed by atoms with Crippen molar-refractivity contribution in [2.75, 3.05) is 37.9 Å². The van der Waals surface area contributed by atoms with Crippen molar-refractivity contribution in [3.63, 3.8) is 0 Å². The predicted octanol–water partition coefficient (Wildman–Crippen LogP) is 0.372. The molecule has 12 nitrogen and oxygen atoms in total. The summed E-state index contributed by atoms with van der Waals surface area (Å²) in [5.41, 5.74) is -0.917. The summed E-state index contributed by atoms with van der Waals surface area (Å²) in [6, 6.07) is 3.26. The quantitative estimate of drug-likeness (QED) is 0.571. The Morgan fingerprint density at radius 1 is 1.15 bits per heavy atom. The number of amides is 1. The van der Waals surface area contributed by atoms with Crippen LogP contribution in [-0.2, 0) is 23.6 Å². The third kappa shape index (κ3) is 4.67. The van der Waals surface area contributed by atoms with Crippen molar-refractivity contribution in [3.05, 3.63) is 33.7 Å². The molecule has 0 aliphatic carbocycles. The van der Waals surface area contributed by atoms with E-state index in [2.05, 4.69) is 10.3 Å². The van der Waals surface area contributed by atoms with Crippen LogP contribution in [0.15, 0.2) is 16.9 Å². The van der Waals surface area contributed by atoms with Gasteiger partial charge in [-0.1, -0.05) is 0 Å². The van der Waals surface area contributed by atoms with E-state index < -0.39 is 32.9 Å². The smallest absolute Gasteiger partial charge is 0.297 e. The maximum Gasteiger partial charge on any atom is 0.297 e. The average Bonchev–Trinajstić information content (AvgIpc) is 2.80. The summed E-state index contributed by atoms with van der Waals surface area (Å²) in [5.74, 6) is -0.898. The van der Waals surface area contributed by atoms with Crippen molar-refractivity contribution < 1.29 is 32.5 Å². The molecule has 1 aromatic heterocycles. The summed E-state index contributed by atoms with van der Waals surface area (Å²) in [4.78, 5) is 29.3. The minimum atomic E-state index is -3.69. The van der Waals surface area contributed by atoms with Crippen molar-refractivity contribution >= 4 is 21.9 Å². The second-order valence-electron chi connectivity index (χ2n) is 7.28. The molecule has 3 rings (SSSR count). The summed E-state index contributed by atoms with van der Waals surface area (Å²) in [6.45, 7) is 0.100. The number of anilines is 1. The molecule has 0 unspecified atom stereocenters. The van der Waals surface area contributed by atoms with E-state index in [0.29, 0.717) is 35.7 Å². The lowest BCUT2D eigenvalue weighted by atomic mass is 10.1. The second-order valence-corrected chi connectivity index (χ2v) is 9.30. The summed E-state index contributed by atoms with van der Waals surface area (Å²) in [6.07, 6.45) is 1.08. The van der Waals surface area contributed by atoms with Crippen LogP contribution < -0.4 is 29.4 Å². The number of carbonyl (C=O) groups is 1. The molecule has 0 radical (unpaired) electrons. The van der Waals surface area contributed by atoms with Gasteiger partial charge in [-0.2, -0.15) is 0 Å². The molecule has 1 aliphatic heterocycles. The van der Waals surface area contributed by atoms with Crippen molar-refractivity contribution in [3.8, 4) is 23.0 Å². The molecular formula is C20H26N4O8S. The first-order valence-corrected chi connectivity index (χ1v) is 11.6. The molecule has 1 fully saturated rings. The van der Waals surface area contributed by atoms with Crippen LogP contribution in [0.2, 0.25) is 0 Å². The number of carbonyl (C=O) groups excluding carboxylic acids is 1. The Hall–Kier alpha value is -3.48. The maximum absolute atomic E-state index is 12.8. The lowest BCUT2D eigenvalue weighted by molar-refractivity contribution is 0.0942. The van der Waals surface area contributed by atoms with Crippen LogP contribution in [0.1, 0.15) is 28.9 Å². The van der Waals surface area contributed by atoms with Crippen LogP contribution in [0, 0.1) is 0 Å². The molecule has 2 heterocycles. The number of ether oxygens (including phenoxy) is 3. The van der Waals surface area contributed by atoms with Gasteiger partial charge in [0.1, 0.15) is 0 Å². The van der Waals surface area contributed by atoms with E-state index in [1.54, 1.807) is 12.1 Å². The number of rotatable bonds is 7. The third-order valence-corrected chi connectivity index (χ3v) is 7.03. The van der Waals surface area contributed by atoms with Crippen LogP contribution in [0.5, 0.6) is 23.0 Å². The van der Waals surface area contributed by atoms with Gasteiger partial charge < -0.3 is 24.6 Å². The summed E-state index contributed by atoms with van der Waals surface area (Å²) in [7, 11) is 1.97. The van der Waals surface area contributed by atoms with E-state index in [-0.39, 0.29) is 24.8 Å². The number of nitrogens with zero attached hydrogens (tertiary/aromatic N) is 3. The van der Waals surface area contributed by atoms with Crippen molar-refractivity contribution in [1.29, 1.82) is 0 Å². The van der Waals surface area contributed by atoms with E-state index in [9.17, 15) is 23.1 Å². The Bertz CT molecular complexity index is 1200. The monoisotopic (exact) mass is 482 g/mol. The lowest BCUT2D eigenvalue weighted by Crippen LogP contribution is -2.42. The Balaban J connectivity index is 1.92. The highest BCUT2D eigenvalue weighted by Gasteiger charge is 2.31. The minimum Gasteiger partial charge on any atom is -0.501 e. The molecule has 33 heavy (non-hydrogen) atoms. The van der Waals surface area contributed by atoms with Crippen LogP contribution >= 0.6 is 0 Å². The van der Waals surface area contributed by atoms with Crippen molar-refractivity contribution in [1.82, 2.24) is 14.9 Å². The number of sulfonamides is 1. The topological polar surface area (TPSA) is 149 Å². The Labute approximate surface area is 190 Å². The zero-order valence-electron chi connectivity index (χ0n) is 18.7. The molecule has 0 spiro atoms. The first-order valence-electron chi connectivity index (χ1n) is 10.0. The van der Waals surface area contributed by atoms with Crippen LogP contribution in [0.3, 0.4) is 0 Å². The van der Waals surface area contributed by atoms with Gasteiger partial charge in [-0.15, -0.1) is 0 Å². The minimum absolute atomic E-state index is 0.0246. The van der Waals surface area contributed by atoms with Gasteiger partial charge in [0.2, 0.25) is 27.5 Å². The predicted molar refractivity (Wildman–Crippen MR) is 119 cm³/mol. The molecule has 1 saturated heterocycles. The molecular weight excluding hydrogens is 456 g/mol. The normalized spacial score (nSPS) is 15.1. The zero-order valence-corrected chi connectivity index (χ0v) is 19.6. The summed E-state index contributed by atoms with van der Waals surface area (Å²) >= 11 is 0. The SMILES string of the molecule is COc1cc(CNC(=O)c2nc(N3CCCCS3(=O)=O)n(C)c(=O)c2O)cc(OC)c1OC.